The van der Waals surface area contributed by atoms with Crippen LogP contribution in [0.2, 0.25) is 0 Å². The van der Waals surface area contributed by atoms with E-state index >= 15 is 0 Å². The average Bonchev–Trinajstić information content (AvgIpc) is 2.30. The first-order valence-electron chi connectivity index (χ1n) is 5.84. The lowest BCUT2D eigenvalue weighted by molar-refractivity contribution is -0.116. The molecule has 0 saturated heterocycles. The minimum absolute atomic E-state index is 0.0283. The number of anilines is 1. The van der Waals surface area contributed by atoms with Gasteiger partial charge in [-0.3, -0.25) is 4.79 Å². The van der Waals surface area contributed by atoms with E-state index < -0.39 is 0 Å². The van der Waals surface area contributed by atoms with Crippen LogP contribution in [0.3, 0.4) is 0 Å². The highest BCUT2D eigenvalue weighted by Crippen LogP contribution is 2.11. The molecule has 0 aliphatic rings. The first-order valence-corrected chi connectivity index (χ1v) is 5.84. The van der Waals surface area contributed by atoms with Crippen LogP contribution in [0.1, 0.15) is 18.9 Å². The molecule has 1 amide bonds. The molecule has 0 heterocycles. The summed E-state index contributed by atoms with van der Waals surface area (Å²) in [6.45, 7) is 4.17. The number of nitrogens with one attached hydrogen (secondary N) is 2. The van der Waals surface area contributed by atoms with Crippen molar-refractivity contribution in [3.05, 3.63) is 29.8 Å². The van der Waals surface area contributed by atoms with Gasteiger partial charge in [0.05, 0.1) is 6.61 Å². The van der Waals surface area contributed by atoms with E-state index in [4.69, 9.17) is 4.74 Å². The second kappa shape index (κ2) is 7.81. The van der Waals surface area contributed by atoms with Crippen LogP contribution in [-0.4, -0.2) is 26.1 Å². The van der Waals surface area contributed by atoms with Crippen molar-refractivity contribution in [3.8, 4) is 0 Å². The second-order valence-electron chi connectivity index (χ2n) is 3.79. The third kappa shape index (κ3) is 5.47. The van der Waals surface area contributed by atoms with Crippen LogP contribution in [0.5, 0.6) is 0 Å². The molecule has 94 valence electrons. The van der Waals surface area contributed by atoms with Crippen molar-refractivity contribution in [2.45, 2.75) is 20.0 Å². The second-order valence-corrected chi connectivity index (χ2v) is 3.79. The molecule has 0 unspecified atom stereocenters. The lowest BCUT2D eigenvalue weighted by Gasteiger charge is -2.07. The molecular formula is C13H20N2O2. The number of carbonyl (C=O) groups is 1. The van der Waals surface area contributed by atoms with Crippen LogP contribution in [0.25, 0.3) is 0 Å². The van der Waals surface area contributed by atoms with Crippen molar-refractivity contribution in [3.63, 3.8) is 0 Å². The Morgan fingerprint density at radius 1 is 1.41 bits per heavy atom. The van der Waals surface area contributed by atoms with Crippen molar-refractivity contribution in [2.75, 3.05) is 25.5 Å². The lowest BCUT2D eigenvalue weighted by atomic mass is 10.2. The molecule has 0 atom stereocenters. The Balaban J connectivity index is 2.44. The Morgan fingerprint density at radius 3 is 2.94 bits per heavy atom. The van der Waals surface area contributed by atoms with E-state index in [1.165, 1.54) is 0 Å². The van der Waals surface area contributed by atoms with Crippen LogP contribution in [-0.2, 0) is 16.1 Å². The van der Waals surface area contributed by atoms with Crippen molar-refractivity contribution < 1.29 is 9.53 Å². The third-order valence-electron chi connectivity index (χ3n) is 2.30. The third-order valence-corrected chi connectivity index (χ3v) is 2.30. The van der Waals surface area contributed by atoms with Gasteiger partial charge in [0.1, 0.15) is 0 Å². The summed E-state index contributed by atoms with van der Waals surface area (Å²) in [6.07, 6.45) is 0.488. The molecule has 0 saturated carbocycles. The van der Waals surface area contributed by atoms with Crippen molar-refractivity contribution in [1.29, 1.82) is 0 Å². The zero-order chi connectivity index (χ0) is 12.5. The van der Waals surface area contributed by atoms with E-state index in [2.05, 4.69) is 10.6 Å². The highest BCUT2D eigenvalue weighted by molar-refractivity contribution is 5.90. The molecule has 4 heteroatoms. The molecule has 0 spiro atoms. The van der Waals surface area contributed by atoms with Gasteiger partial charge in [0.25, 0.3) is 0 Å². The summed E-state index contributed by atoms with van der Waals surface area (Å²) in [5.74, 6) is 0.0283. The van der Waals surface area contributed by atoms with E-state index in [0.29, 0.717) is 19.6 Å². The zero-order valence-electron chi connectivity index (χ0n) is 10.5. The van der Waals surface area contributed by atoms with Gasteiger partial charge in [-0.2, -0.15) is 0 Å². The molecule has 0 aliphatic heterocycles. The van der Waals surface area contributed by atoms with Gasteiger partial charge in [-0.05, 0) is 24.2 Å². The first kappa shape index (κ1) is 13.7. The standard InChI is InChI=1S/C13H20N2O2/c1-3-14-8-7-13(16)15-12-6-4-5-11(9-12)10-17-2/h4-6,9,14H,3,7-8,10H2,1-2H3,(H,15,16). The highest BCUT2D eigenvalue weighted by atomic mass is 16.5. The maximum atomic E-state index is 11.6. The van der Waals surface area contributed by atoms with Gasteiger partial charge in [-0.1, -0.05) is 19.1 Å². The fraction of sp³-hybridized carbons (Fsp3) is 0.462. The molecule has 0 radical (unpaired) electrons. The van der Waals surface area contributed by atoms with E-state index in [-0.39, 0.29) is 5.91 Å². The summed E-state index contributed by atoms with van der Waals surface area (Å²) >= 11 is 0. The van der Waals surface area contributed by atoms with Gasteiger partial charge in [-0.25, -0.2) is 0 Å². The van der Waals surface area contributed by atoms with Crippen LogP contribution in [0, 0.1) is 0 Å². The lowest BCUT2D eigenvalue weighted by Crippen LogP contribution is -2.21. The van der Waals surface area contributed by atoms with Crippen molar-refractivity contribution >= 4 is 11.6 Å². The van der Waals surface area contributed by atoms with E-state index in [1.54, 1.807) is 7.11 Å². The monoisotopic (exact) mass is 236 g/mol. The highest BCUT2D eigenvalue weighted by Gasteiger charge is 2.02. The molecule has 0 aromatic heterocycles. The van der Waals surface area contributed by atoms with E-state index in [9.17, 15) is 4.79 Å². The number of carbonyl (C=O) groups excluding carboxylic acids is 1. The van der Waals surface area contributed by atoms with Gasteiger partial charge >= 0.3 is 0 Å². The Labute approximate surface area is 102 Å². The Hall–Kier alpha value is -1.39. The summed E-state index contributed by atoms with van der Waals surface area (Å²) < 4.78 is 5.04. The number of hydrogen-bond acceptors (Lipinski definition) is 3. The molecule has 0 bridgehead atoms. The van der Waals surface area contributed by atoms with Crippen LogP contribution >= 0.6 is 0 Å². The minimum atomic E-state index is 0.0283. The summed E-state index contributed by atoms with van der Waals surface area (Å²) in [5.41, 5.74) is 1.87. The average molecular weight is 236 g/mol. The Morgan fingerprint density at radius 2 is 2.24 bits per heavy atom. The quantitative estimate of drug-likeness (QED) is 0.709. The van der Waals surface area contributed by atoms with Gasteiger partial charge in [0.15, 0.2) is 0 Å². The number of hydrogen-bond donors (Lipinski definition) is 2. The predicted molar refractivity (Wildman–Crippen MR) is 68.9 cm³/mol. The summed E-state index contributed by atoms with van der Waals surface area (Å²) in [6, 6.07) is 7.69. The summed E-state index contributed by atoms with van der Waals surface area (Å²) in [7, 11) is 1.65. The van der Waals surface area contributed by atoms with Crippen LogP contribution in [0.4, 0.5) is 5.69 Å². The zero-order valence-corrected chi connectivity index (χ0v) is 10.5. The number of methoxy groups -OCH3 is 1. The van der Waals surface area contributed by atoms with Gasteiger partial charge in [0, 0.05) is 25.8 Å². The molecule has 0 fully saturated rings. The molecule has 1 aromatic carbocycles. The molecule has 1 rings (SSSR count). The predicted octanol–water partition coefficient (Wildman–Crippen LogP) is 1.77. The SMILES string of the molecule is CCNCCC(=O)Nc1cccc(COC)c1. The van der Waals surface area contributed by atoms with Crippen LogP contribution in [0.15, 0.2) is 24.3 Å². The molecule has 0 aliphatic carbocycles. The van der Waals surface area contributed by atoms with Crippen molar-refractivity contribution in [1.82, 2.24) is 5.32 Å². The first-order chi connectivity index (χ1) is 8.26. The topological polar surface area (TPSA) is 50.4 Å². The number of rotatable bonds is 7. The van der Waals surface area contributed by atoms with Gasteiger partial charge < -0.3 is 15.4 Å². The van der Waals surface area contributed by atoms with E-state index in [0.717, 1.165) is 17.8 Å². The van der Waals surface area contributed by atoms with Crippen molar-refractivity contribution in [2.24, 2.45) is 0 Å². The molecule has 17 heavy (non-hydrogen) atoms. The van der Waals surface area contributed by atoms with Gasteiger partial charge in [-0.15, -0.1) is 0 Å². The number of ether oxygens (including phenoxy) is 1. The van der Waals surface area contributed by atoms with Gasteiger partial charge in [0.2, 0.25) is 5.91 Å². The summed E-state index contributed by atoms with van der Waals surface area (Å²) in [5, 5.41) is 5.98. The van der Waals surface area contributed by atoms with E-state index in [1.807, 2.05) is 31.2 Å². The molecular weight excluding hydrogens is 216 g/mol. The summed E-state index contributed by atoms with van der Waals surface area (Å²) in [4.78, 5) is 11.6. The largest absolute Gasteiger partial charge is 0.380 e. The normalized spacial score (nSPS) is 10.2. The maximum absolute atomic E-state index is 11.6. The fourth-order valence-corrected chi connectivity index (χ4v) is 1.51. The Bertz CT molecular complexity index is 353. The fourth-order valence-electron chi connectivity index (χ4n) is 1.51. The smallest absolute Gasteiger partial charge is 0.225 e. The minimum Gasteiger partial charge on any atom is -0.380 e. The number of benzene rings is 1. The molecule has 2 N–H and O–H groups in total. The molecule has 1 aromatic rings. The maximum Gasteiger partial charge on any atom is 0.225 e. The Kier molecular flexibility index (Phi) is 6.29. The van der Waals surface area contributed by atoms with Crippen LogP contribution < -0.4 is 10.6 Å². The molecule has 4 nitrogen and oxygen atoms in total. The number of amides is 1.